The zero-order valence-electron chi connectivity index (χ0n) is 12.4. The van der Waals surface area contributed by atoms with Gasteiger partial charge in [0.15, 0.2) is 6.61 Å². The highest BCUT2D eigenvalue weighted by Gasteiger charge is 2.16. The Morgan fingerprint density at radius 1 is 1.23 bits per heavy atom. The van der Waals surface area contributed by atoms with E-state index in [0.29, 0.717) is 18.0 Å². The fourth-order valence-corrected chi connectivity index (χ4v) is 1.53. The Balaban J connectivity index is 2.39. The van der Waals surface area contributed by atoms with Gasteiger partial charge in [-0.3, -0.25) is 4.79 Å². The molecule has 1 aromatic carbocycles. The largest absolute Gasteiger partial charge is 0.494 e. The fourth-order valence-electron chi connectivity index (χ4n) is 1.53. The van der Waals surface area contributed by atoms with E-state index < -0.39 is 30.6 Å². The zero-order valence-corrected chi connectivity index (χ0v) is 12.4. The van der Waals surface area contributed by atoms with Crippen LogP contribution in [0.3, 0.4) is 0 Å². The lowest BCUT2D eigenvalue weighted by Crippen LogP contribution is -2.43. The normalized spacial score (nSPS) is 11.2. The number of primary amides is 1. The second-order valence-corrected chi connectivity index (χ2v) is 4.34. The predicted molar refractivity (Wildman–Crippen MR) is 79.4 cm³/mol. The van der Waals surface area contributed by atoms with Crippen molar-refractivity contribution in [3.63, 3.8) is 0 Å². The van der Waals surface area contributed by atoms with Crippen LogP contribution in [0.15, 0.2) is 24.3 Å². The van der Waals surface area contributed by atoms with Gasteiger partial charge in [-0.15, -0.1) is 0 Å². The lowest BCUT2D eigenvalue weighted by Gasteiger charge is -2.12. The van der Waals surface area contributed by atoms with Crippen LogP contribution < -0.4 is 21.1 Å². The van der Waals surface area contributed by atoms with Gasteiger partial charge >= 0.3 is 12.0 Å². The number of nitrogens with one attached hydrogen (secondary N) is 2. The molecule has 0 unspecified atom stereocenters. The second kappa shape index (κ2) is 8.50. The van der Waals surface area contributed by atoms with Gasteiger partial charge in [-0.05, 0) is 38.1 Å². The van der Waals surface area contributed by atoms with Crippen molar-refractivity contribution in [2.24, 2.45) is 5.73 Å². The molecule has 1 aromatic rings. The molecule has 120 valence electrons. The van der Waals surface area contributed by atoms with E-state index in [4.69, 9.17) is 15.2 Å². The molecule has 0 aliphatic heterocycles. The van der Waals surface area contributed by atoms with Gasteiger partial charge < -0.3 is 25.8 Å². The maximum atomic E-state index is 11.6. The molecule has 1 atom stereocenters. The lowest BCUT2D eigenvalue weighted by molar-refractivity contribution is -0.148. The summed E-state index contributed by atoms with van der Waals surface area (Å²) in [5.74, 6) is -0.553. The van der Waals surface area contributed by atoms with Crippen molar-refractivity contribution < 1.29 is 23.9 Å². The topological polar surface area (TPSA) is 120 Å². The molecule has 0 aliphatic carbocycles. The SMILES string of the molecule is CCOc1ccc(NC(=O)COC(=O)[C@H](C)NC(N)=O)cc1. The molecule has 8 nitrogen and oxygen atoms in total. The second-order valence-electron chi connectivity index (χ2n) is 4.34. The third kappa shape index (κ3) is 6.12. The third-order valence-electron chi connectivity index (χ3n) is 2.51. The summed E-state index contributed by atoms with van der Waals surface area (Å²) < 4.78 is 10.0. The average Bonchev–Trinajstić information content (AvgIpc) is 2.46. The smallest absolute Gasteiger partial charge is 0.328 e. The minimum atomic E-state index is -0.921. The first-order chi connectivity index (χ1) is 10.4. The minimum absolute atomic E-state index is 0.461. The van der Waals surface area contributed by atoms with E-state index in [-0.39, 0.29) is 0 Å². The van der Waals surface area contributed by atoms with Crippen LogP contribution in [0, 0.1) is 0 Å². The molecule has 0 heterocycles. The molecule has 0 fully saturated rings. The molecule has 0 aromatic heterocycles. The van der Waals surface area contributed by atoms with E-state index in [1.54, 1.807) is 24.3 Å². The molecule has 0 saturated heterocycles. The molecule has 1 rings (SSSR count). The van der Waals surface area contributed by atoms with Crippen molar-refractivity contribution in [3.05, 3.63) is 24.3 Å². The first-order valence-electron chi connectivity index (χ1n) is 6.67. The molecule has 0 aliphatic rings. The summed E-state index contributed by atoms with van der Waals surface area (Å²) in [6.07, 6.45) is 0. The van der Waals surface area contributed by atoms with Crippen molar-refractivity contribution in [1.82, 2.24) is 5.32 Å². The van der Waals surface area contributed by atoms with E-state index in [1.807, 2.05) is 6.92 Å². The predicted octanol–water partition coefficient (Wildman–Crippen LogP) is 0.624. The standard InChI is InChI=1S/C14H19N3O5/c1-3-21-11-6-4-10(5-7-11)17-12(18)8-22-13(19)9(2)16-14(15)20/h4-7,9H,3,8H2,1-2H3,(H,17,18)(H3,15,16,20)/t9-/m0/s1. The maximum absolute atomic E-state index is 11.6. The number of rotatable bonds is 7. The number of benzene rings is 1. The number of urea groups is 1. The Bertz CT molecular complexity index is 530. The first kappa shape index (κ1) is 17.3. The van der Waals surface area contributed by atoms with Gasteiger partial charge in [0.05, 0.1) is 6.61 Å². The van der Waals surface area contributed by atoms with Gasteiger partial charge in [-0.1, -0.05) is 0 Å². The molecule has 4 N–H and O–H groups in total. The molecule has 0 saturated carbocycles. The Morgan fingerprint density at radius 3 is 2.41 bits per heavy atom. The van der Waals surface area contributed by atoms with E-state index in [9.17, 15) is 14.4 Å². The van der Waals surface area contributed by atoms with Gasteiger partial charge in [0.1, 0.15) is 11.8 Å². The first-order valence-corrected chi connectivity index (χ1v) is 6.67. The summed E-state index contributed by atoms with van der Waals surface area (Å²) in [7, 11) is 0. The van der Waals surface area contributed by atoms with Crippen LogP contribution in [0.1, 0.15) is 13.8 Å². The minimum Gasteiger partial charge on any atom is -0.494 e. The summed E-state index contributed by atoms with van der Waals surface area (Å²) >= 11 is 0. The number of ether oxygens (including phenoxy) is 2. The summed E-state index contributed by atoms with van der Waals surface area (Å²) in [5.41, 5.74) is 5.42. The molecule has 0 spiro atoms. The van der Waals surface area contributed by atoms with Gasteiger partial charge in [-0.2, -0.15) is 0 Å². The molecule has 22 heavy (non-hydrogen) atoms. The average molecular weight is 309 g/mol. The van der Waals surface area contributed by atoms with E-state index in [1.165, 1.54) is 6.92 Å². The van der Waals surface area contributed by atoms with Crippen LogP contribution in [-0.4, -0.2) is 37.2 Å². The number of esters is 1. The maximum Gasteiger partial charge on any atom is 0.328 e. The lowest BCUT2D eigenvalue weighted by atomic mass is 10.3. The van der Waals surface area contributed by atoms with Gasteiger partial charge in [0, 0.05) is 5.69 Å². The van der Waals surface area contributed by atoms with Crippen LogP contribution in [0.25, 0.3) is 0 Å². The highest BCUT2D eigenvalue weighted by atomic mass is 16.5. The highest BCUT2D eigenvalue weighted by Crippen LogP contribution is 2.15. The number of nitrogens with two attached hydrogens (primary N) is 1. The Morgan fingerprint density at radius 2 is 1.86 bits per heavy atom. The van der Waals surface area contributed by atoms with Gasteiger partial charge in [0.2, 0.25) is 0 Å². The van der Waals surface area contributed by atoms with Gasteiger partial charge in [-0.25, -0.2) is 9.59 Å². The summed E-state index contributed by atoms with van der Waals surface area (Å²) in [5, 5.41) is 4.72. The number of hydrogen-bond donors (Lipinski definition) is 3. The van der Waals surface area contributed by atoms with Crippen molar-refractivity contribution in [2.45, 2.75) is 19.9 Å². The number of carbonyl (C=O) groups is 3. The van der Waals surface area contributed by atoms with Gasteiger partial charge in [0.25, 0.3) is 5.91 Å². The fraction of sp³-hybridized carbons (Fsp3) is 0.357. The van der Waals surface area contributed by atoms with Crippen LogP contribution in [0.2, 0.25) is 0 Å². The van der Waals surface area contributed by atoms with E-state index in [0.717, 1.165) is 0 Å². The number of anilines is 1. The van der Waals surface area contributed by atoms with E-state index in [2.05, 4.69) is 10.6 Å². The van der Waals surface area contributed by atoms with Crippen LogP contribution in [0.5, 0.6) is 5.75 Å². The Hall–Kier alpha value is -2.77. The highest BCUT2D eigenvalue weighted by molar-refractivity contribution is 5.93. The summed E-state index contributed by atoms with van der Waals surface area (Å²) in [6.45, 7) is 3.37. The van der Waals surface area contributed by atoms with E-state index >= 15 is 0 Å². The van der Waals surface area contributed by atoms with Crippen molar-refractivity contribution >= 4 is 23.6 Å². The van der Waals surface area contributed by atoms with Crippen molar-refractivity contribution in [2.75, 3.05) is 18.5 Å². The molecular formula is C14H19N3O5. The summed E-state index contributed by atoms with van der Waals surface area (Å²) in [4.78, 5) is 33.7. The van der Waals surface area contributed by atoms with Crippen LogP contribution >= 0.6 is 0 Å². The molecule has 8 heteroatoms. The van der Waals surface area contributed by atoms with Crippen LogP contribution in [-0.2, 0) is 14.3 Å². The number of amides is 3. The zero-order chi connectivity index (χ0) is 16.5. The van der Waals surface area contributed by atoms with Crippen molar-refractivity contribution in [1.29, 1.82) is 0 Å². The Labute approximate surface area is 128 Å². The monoisotopic (exact) mass is 309 g/mol. The molecule has 0 radical (unpaired) electrons. The Kier molecular flexibility index (Phi) is 6.68. The number of carbonyl (C=O) groups excluding carboxylic acids is 3. The molecular weight excluding hydrogens is 290 g/mol. The van der Waals surface area contributed by atoms with Crippen LogP contribution in [0.4, 0.5) is 10.5 Å². The molecule has 3 amide bonds. The van der Waals surface area contributed by atoms with Crippen molar-refractivity contribution in [3.8, 4) is 5.75 Å². The molecule has 0 bridgehead atoms. The number of hydrogen-bond acceptors (Lipinski definition) is 5. The summed E-state index contributed by atoms with van der Waals surface area (Å²) in [6, 6.07) is 5.00. The quantitative estimate of drug-likeness (QED) is 0.638. The third-order valence-corrected chi connectivity index (χ3v) is 2.51.